The van der Waals surface area contributed by atoms with Crippen LogP contribution in [0.25, 0.3) is 0 Å². The van der Waals surface area contributed by atoms with Crippen LogP contribution in [0.15, 0.2) is 24.3 Å². The van der Waals surface area contributed by atoms with Gasteiger partial charge in [0, 0.05) is 11.8 Å². The van der Waals surface area contributed by atoms with Crippen LogP contribution in [-0.2, 0) is 9.59 Å². The Morgan fingerprint density at radius 2 is 1.38 bits per heavy atom. The molecule has 1 aromatic carbocycles. The number of nitrogens with zero attached hydrogens (tertiary/aromatic N) is 1. The number of phenols is 1. The monoisotopic (exact) mass is 289 g/mol. The van der Waals surface area contributed by atoms with E-state index in [4.69, 9.17) is 0 Å². The first-order valence-electron chi connectivity index (χ1n) is 7.03. The van der Waals surface area contributed by atoms with Crippen LogP contribution < -0.4 is 4.90 Å². The van der Waals surface area contributed by atoms with E-state index in [0.717, 1.165) is 4.90 Å². The van der Waals surface area contributed by atoms with E-state index in [1.54, 1.807) is 0 Å². The van der Waals surface area contributed by atoms with Crippen LogP contribution in [-0.4, -0.2) is 39.3 Å². The molecule has 1 heterocycles. The lowest BCUT2D eigenvalue weighted by molar-refractivity contribution is -0.129. The van der Waals surface area contributed by atoms with Gasteiger partial charge in [-0.3, -0.25) is 14.5 Å². The number of aliphatic hydroxyl groups excluding tert-OH is 2. The maximum absolute atomic E-state index is 12.6. The zero-order valence-corrected chi connectivity index (χ0v) is 11.1. The van der Waals surface area contributed by atoms with E-state index in [1.165, 1.54) is 24.3 Å². The largest absolute Gasteiger partial charge is 0.508 e. The molecule has 6 nitrogen and oxygen atoms in total. The van der Waals surface area contributed by atoms with Gasteiger partial charge in [-0.1, -0.05) is 0 Å². The molecule has 21 heavy (non-hydrogen) atoms. The molecule has 0 radical (unpaired) electrons. The summed E-state index contributed by atoms with van der Waals surface area (Å²) in [7, 11) is 0. The van der Waals surface area contributed by atoms with Crippen molar-refractivity contribution in [3.8, 4) is 5.75 Å². The van der Waals surface area contributed by atoms with Gasteiger partial charge < -0.3 is 15.3 Å². The number of carbonyl (C=O) groups excluding carboxylic acids is 2. The van der Waals surface area contributed by atoms with Gasteiger partial charge in [-0.25, -0.2) is 0 Å². The maximum atomic E-state index is 12.6. The molecule has 1 aromatic rings. The average Bonchev–Trinajstić information content (AvgIpc) is 3.06. The highest BCUT2D eigenvalue weighted by Crippen LogP contribution is 2.56. The van der Waals surface area contributed by atoms with Crippen LogP contribution in [0.4, 0.5) is 5.69 Å². The highest BCUT2D eigenvalue weighted by molar-refractivity contribution is 6.22. The van der Waals surface area contributed by atoms with Gasteiger partial charge in [-0.15, -0.1) is 0 Å². The van der Waals surface area contributed by atoms with Crippen LogP contribution in [0.5, 0.6) is 5.75 Å². The predicted molar refractivity (Wildman–Crippen MR) is 71.2 cm³/mol. The van der Waals surface area contributed by atoms with Crippen molar-refractivity contribution in [2.45, 2.75) is 18.6 Å². The number of rotatable bonds is 1. The van der Waals surface area contributed by atoms with Gasteiger partial charge >= 0.3 is 0 Å². The Morgan fingerprint density at radius 3 is 1.86 bits per heavy atom. The number of fused-ring (bicyclic) bond motifs is 5. The van der Waals surface area contributed by atoms with E-state index in [1.807, 2.05) is 0 Å². The third-order valence-electron chi connectivity index (χ3n) is 5.20. The highest BCUT2D eigenvalue weighted by atomic mass is 16.3. The molecule has 3 N–H and O–H groups in total. The molecule has 110 valence electrons. The summed E-state index contributed by atoms with van der Waals surface area (Å²) >= 11 is 0. The number of carbonyl (C=O) groups is 2. The van der Waals surface area contributed by atoms with E-state index in [9.17, 15) is 24.9 Å². The summed E-state index contributed by atoms with van der Waals surface area (Å²) in [6.07, 6.45) is -1.32. The van der Waals surface area contributed by atoms with Gasteiger partial charge in [0.1, 0.15) is 5.75 Å². The topological polar surface area (TPSA) is 98.1 Å². The third kappa shape index (κ3) is 1.49. The predicted octanol–water partition coefficient (Wildman–Crippen LogP) is -0.131. The van der Waals surface area contributed by atoms with Gasteiger partial charge in [0.15, 0.2) is 0 Å². The van der Waals surface area contributed by atoms with E-state index in [-0.39, 0.29) is 29.4 Å². The molecule has 2 saturated carbocycles. The number of aliphatic hydroxyl groups is 2. The molecule has 6 heteroatoms. The van der Waals surface area contributed by atoms with Crippen molar-refractivity contribution in [2.24, 2.45) is 23.7 Å². The average molecular weight is 289 g/mol. The number of hydrogen-bond acceptors (Lipinski definition) is 5. The van der Waals surface area contributed by atoms with E-state index >= 15 is 0 Å². The van der Waals surface area contributed by atoms with E-state index in [2.05, 4.69) is 0 Å². The second kappa shape index (κ2) is 4.05. The zero-order valence-electron chi connectivity index (χ0n) is 11.1. The lowest BCUT2D eigenvalue weighted by Gasteiger charge is -2.29. The summed E-state index contributed by atoms with van der Waals surface area (Å²) in [6.45, 7) is 0. The Hall–Kier alpha value is -1.92. The number of imide groups is 1. The van der Waals surface area contributed by atoms with Crippen molar-refractivity contribution in [1.82, 2.24) is 0 Å². The standard InChI is InChI=1S/C15H15NO5/c17-7-3-1-6(2-4-7)16-14(20)10-8-5-9(11(10)15(16)21)13(19)12(8)18/h1-4,8-13,17-19H,5H2/t8-,9+,10-,11+,12-,13-/m0/s1. The minimum atomic E-state index is -0.923. The molecule has 3 aliphatic rings. The summed E-state index contributed by atoms with van der Waals surface area (Å²) in [5.74, 6) is -2.31. The molecule has 1 aliphatic heterocycles. The number of amides is 2. The number of anilines is 1. The van der Waals surface area contributed by atoms with E-state index < -0.39 is 24.0 Å². The van der Waals surface area contributed by atoms with Crippen LogP contribution in [0, 0.1) is 23.7 Å². The number of aromatic hydroxyl groups is 1. The summed E-state index contributed by atoms with van der Waals surface area (Å²) in [5, 5.41) is 29.2. The van der Waals surface area contributed by atoms with Gasteiger partial charge in [0.2, 0.25) is 11.8 Å². The summed E-state index contributed by atoms with van der Waals surface area (Å²) < 4.78 is 0. The normalized spacial score (nSPS) is 41.0. The third-order valence-corrected chi connectivity index (χ3v) is 5.20. The van der Waals surface area contributed by atoms with Gasteiger partial charge in [-0.05, 0) is 30.7 Å². The van der Waals surface area contributed by atoms with Crippen LogP contribution in [0.3, 0.4) is 0 Å². The summed E-state index contributed by atoms with van der Waals surface area (Å²) in [4.78, 5) is 26.3. The molecular weight excluding hydrogens is 274 g/mol. The fourth-order valence-electron chi connectivity index (χ4n) is 4.29. The minimum Gasteiger partial charge on any atom is -0.508 e. The number of benzene rings is 1. The Balaban J connectivity index is 1.73. The summed E-state index contributed by atoms with van der Waals surface area (Å²) in [5.41, 5.74) is 0.417. The molecular formula is C15H15NO5. The number of phenolic OH excluding ortho intramolecular Hbond substituents is 1. The first-order chi connectivity index (χ1) is 10.0. The van der Waals surface area contributed by atoms with E-state index in [0.29, 0.717) is 12.1 Å². The molecule has 4 rings (SSSR count). The van der Waals surface area contributed by atoms with Crippen molar-refractivity contribution in [3.05, 3.63) is 24.3 Å². The Labute approximate surface area is 120 Å². The lowest BCUT2D eigenvalue weighted by atomic mass is 9.78. The van der Waals surface area contributed by atoms with Crippen LogP contribution in [0.2, 0.25) is 0 Å². The Bertz CT molecular complexity index is 595. The highest BCUT2D eigenvalue weighted by Gasteiger charge is 2.67. The minimum absolute atomic E-state index is 0.0592. The lowest BCUT2D eigenvalue weighted by Crippen LogP contribution is -2.43. The van der Waals surface area contributed by atoms with Crippen LogP contribution >= 0.6 is 0 Å². The summed E-state index contributed by atoms with van der Waals surface area (Å²) in [6, 6.07) is 5.87. The Kier molecular flexibility index (Phi) is 2.47. The zero-order chi connectivity index (χ0) is 14.9. The Morgan fingerprint density at radius 1 is 0.905 bits per heavy atom. The first-order valence-corrected chi connectivity index (χ1v) is 7.03. The smallest absolute Gasteiger partial charge is 0.238 e. The van der Waals surface area contributed by atoms with Crippen molar-refractivity contribution < 1.29 is 24.9 Å². The molecule has 0 aromatic heterocycles. The molecule has 3 fully saturated rings. The molecule has 0 spiro atoms. The second-order valence-electron chi connectivity index (χ2n) is 6.12. The van der Waals surface area contributed by atoms with Crippen LogP contribution in [0.1, 0.15) is 6.42 Å². The van der Waals surface area contributed by atoms with Crippen molar-refractivity contribution in [2.75, 3.05) is 4.90 Å². The molecule has 1 saturated heterocycles. The molecule has 2 amide bonds. The quantitative estimate of drug-likeness (QED) is 0.626. The fourth-order valence-corrected chi connectivity index (χ4v) is 4.29. The first kappa shape index (κ1) is 12.8. The molecule has 0 unspecified atom stereocenters. The SMILES string of the molecule is O=C1[C@@H]2[C@H]3C[C@H]([C@H](O)[C@H]3O)[C@@H]2C(=O)N1c1ccc(O)cc1. The van der Waals surface area contributed by atoms with Crippen molar-refractivity contribution in [1.29, 1.82) is 0 Å². The number of hydrogen-bond donors (Lipinski definition) is 3. The molecule has 2 aliphatic carbocycles. The molecule has 6 atom stereocenters. The maximum Gasteiger partial charge on any atom is 0.238 e. The fraction of sp³-hybridized carbons (Fsp3) is 0.467. The van der Waals surface area contributed by atoms with Crippen molar-refractivity contribution >= 4 is 17.5 Å². The molecule has 2 bridgehead atoms. The van der Waals surface area contributed by atoms with Crippen molar-refractivity contribution in [3.63, 3.8) is 0 Å². The van der Waals surface area contributed by atoms with Gasteiger partial charge in [0.25, 0.3) is 0 Å². The van der Waals surface area contributed by atoms with Gasteiger partial charge in [0.05, 0.1) is 29.7 Å². The second-order valence-corrected chi connectivity index (χ2v) is 6.12. The van der Waals surface area contributed by atoms with Gasteiger partial charge in [-0.2, -0.15) is 0 Å².